The molecule has 34 heavy (non-hydrogen) atoms. The zero-order valence-electron chi connectivity index (χ0n) is 20.0. The van der Waals surface area contributed by atoms with Gasteiger partial charge in [-0.15, -0.1) is 0 Å². The second-order valence-corrected chi connectivity index (χ2v) is 9.75. The maximum absolute atomic E-state index is 13.8. The largest absolute Gasteiger partial charge is 0.385 e. The highest BCUT2D eigenvalue weighted by Gasteiger charge is 2.41. The quantitative estimate of drug-likeness (QED) is 0.585. The van der Waals surface area contributed by atoms with Gasteiger partial charge in [0, 0.05) is 38.0 Å². The lowest BCUT2D eigenvalue weighted by molar-refractivity contribution is -0.120. The van der Waals surface area contributed by atoms with Crippen LogP contribution in [-0.4, -0.2) is 38.5 Å². The number of amides is 1. The van der Waals surface area contributed by atoms with Gasteiger partial charge < -0.3 is 20.3 Å². The minimum atomic E-state index is -0.514. The number of ether oxygens (including phenoxy) is 1. The molecule has 2 N–H and O–H groups in total. The summed E-state index contributed by atoms with van der Waals surface area (Å²) >= 11 is 0. The van der Waals surface area contributed by atoms with Crippen molar-refractivity contribution in [2.24, 2.45) is 5.41 Å². The number of anilines is 2. The Morgan fingerprint density at radius 2 is 1.91 bits per heavy atom. The Labute approximate surface area is 200 Å². The van der Waals surface area contributed by atoms with E-state index in [1.807, 2.05) is 29.2 Å². The van der Waals surface area contributed by atoms with Gasteiger partial charge in [0.1, 0.15) is 5.82 Å². The van der Waals surface area contributed by atoms with Gasteiger partial charge >= 0.3 is 0 Å². The number of benzene rings is 2. The van der Waals surface area contributed by atoms with Crippen LogP contribution in [0.5, 0.6) is 0 Å². The average Bonchev–Trinajstić information content (AvgIpc) is 2.91. The van der Waals surface area contributed by atoms with Gasteiger partial charge in [0.15, 0.2) is 5.78 Å². The van der Waals surface area contributed by atoms with Crippen LogP contribution >= 0.6 is 0 Å². The van der Waals surface area contributed by atoms with Crippen molar-refractivity contribution in [2.45, 2.75) is 39.2 Å². The molecule has 0 spiro atoms. The lowest BCUT2D eigenvalue weighted by Gasteiger charge is -2.37. The van der Waals surface area contributed by atoms with E-state index < -0.39 is 6.04 Å². The molecule has 0 fully saturated rings. The highest BCUT2D eigenvalue weighted by molar-refractivity contribution is 6.01. The van der Waals surface area contributed by atoms with E-state index in [-0.39, 0.29) is 29.5 Å². The molecule has 0 saturated heterocycles. The summed E-state index contributed by atoms with van der Waals surface area (Å²) < 4.78 is 18.9. The van der Waals surface area contributed by atoms with E-state index in [2.05, 4.69) is 24.5 Å². The predicted molar refractivity (Wildman–Crippen MR) is 131 cm³/mol. The fraction of sp³-hybridized carbons (Fsp3) is 0.407. The van der Waals surface area contributed by atoms with Crippen molar-refractivity contribution in [3.63, 3.8) is 0 Å². The van der Waals surface area contributed by atoms with Crippen molar-refractivity contribution in [3.8, 4) is 0 Å². The normalized spacial score (nSPS) is 19.1. The fourth-order valence-corrected chi connectivity index (χ4v) is 4.87. The molecule has 0 radical (unpaired) electrons. The van der Waals surface area contributed by atoms with Gasteiger partial charge in [-0.1, -0.05) is 38.1 Å². The third kappa shape index (κ3) is 5.14. The lowest BCUT2D eigenvalue weighted by Crippen LogP contribution is -2.42. The molecule has 4 rings (SSSR count). The van der Waals surface area contributed by atoms with E-state index in [1.54, 1.807) is 19.2 Å². The molecule has 0 bridgehead atoms. The first kappa shape index (κ1) is 24.0. The van der Waals surface area contributed by atoms with Gasteiger partial charge in [-0.25, -0.2) is 4.39 Å². The highest BCUT2D eigenvalue weighted by atomic mass is 19.1. The first-order valence-electron chi connectivity index (χ1n) is 11.7. The molecular weight excluding hydrogens is 433 g/mol. The molecule has 1 aliphatic heterocycles. The molecule has 1 amide bonds. The minimum absolute atomic E-state index is 0.0476. The Morgan fingerprint density at radius 3 is 2.65 bits per heavy atom. The molecule has 1 atom stereocenters. The van der Waals surface area contributed by atoms with E-state index in [9.17, 15) is 14.0 Å². The molecule has 7 heteroatoms. The number of carbonyl (C=O) groups is 2. The summed E-state index contributed by atoms with van der Waals surface area (Å²) in [6.45, 7) is 5.30. The van der Waals surface area contributed by atoms with Crippen LogP contribution in [0.15, 0.2) is 59.8 Å². The third-order valence-corrected chi connectivity index (χ3v) is 6.35. The van der Waals surface area contributed by atoms with E-state index >= 15 is 0 Å². The third-order valence-electron chi connectivity index (χ3n) is 6.35. The van der Waals surface area contributed by atoms with Crippen LogP contribution in [-0.2, 0) is 14.3 Å². The first-order valence-corrected chi connectivity index (χ1v) is 11.7. The molecule has 0 unspecified atom stereocenters. The number of halogens is 1. The summed E-state index contributed by atoms with van der Waals surface area (Å²) in [6.07, 6.45) is 1.83. The van der Waals surface area contributed by atoms with E-state index in [1.165, 1.54) is 12.1 Å². The van der Waals surface area contributed by atoms with E-state index in [0.717, 1.165) is 22.6 Å². The van der Waals surface area contributed by atoms with Crippen molar-refractivity contribution in [3.05, 3.63) is 71.2 Å². The Balaban J connectivity index is 1.80. The molecule has 6 nitrogen and oxygen atoms in total. The molecule has 180 valence electrons. The topological polar surface area (TPSA) is 70.7 Å². The number of para-hydroxylation sites is 2. The summed E-state index contributed by atoms with van der Waals surface area (Å²) in [6, 6.07) is 13.5. The van der Waals surface area contributed by atoms with Gasteiger partial charge in [-0.3, -0.25) is 9.59 Å². The smallest absolute Gasteiger partial charge is 0.239 e. The number of rotatable bonds is 7. The maximum atomic E-state index is 13.8. The molecule has 2 aromatic carbocycles. The monoisotopic (exact) mass is 465 g/mol. The molecule has 1 aliphatic carbocycles. The number of hydrogen-bond acceptors (Lipinski definition) is 5. The standard InChI is InChI=1S/C27H32FN3O3/c1-27(2)15-21-25(23(32)16-27)26(18-9-11-19(28)12-10-18)31(17-24(33)29-13-6-14-34-3)22-8-5-4-7-20(22)30-21/h4-5,7-12,26,30H,6,13-17H2,1-3H3,(H,29,33)/t26-/m0/s1. The summed E-state index contributed by atoms with van der Waals surface area (Å²) in [5.41, 5.74) is 3.77. The van der Waals surface area contributed by atoms with Gasteiger partial charge in [0.25, 0.3) is 0 Å². The Bertz CT molecular complexity index is 1090. The number of allylic oxidation sites excluding steroid dienone is 1. The minimum Gasteiger partial charge on any atom is -0.385 e. The summed E-state index contributed by atoms with van der Waals surface area (Å²) in [5.74, 6) is -0.444. The van der Waals surface area contributed by atoms with Gasteiger partial charge in [-0.2, -0.15) is 0 Å². The Hall–Kier alpha value is -3.19. The second-order valence-electron chi connectivity index (χ2n) is 9.75. The molecule has 1 heterocycles. The number of ketones is 1. The van der Waals surface area contributed by atoms with Crippen molar-refractivity contribution in [2.75, 3.05) is 37.0 Å². The molecular formula is C27H32FN3O3. The highest BCUT2D eigenvalue weighted by Crippen LogP contribution is 2.48. The summed E-state index contributed by atoms with van der Waals surface area (Å²) in [7, 11) is 1.63. The number of carbonyl (C=O) groups excluding carboxylic acids is 2. The van der Waals surface area contributed by atoms with Crippen LogP contribution in [0, 0.1) is 11.2 Å². The van der Waals surface area contributed by atoms with Crippen LogP contribution in [0.1, 0.15) is 44.7 Å². The maximum Gasteiger partial charge on any atom is 0.239 e. The van der Waals surface area contributed by atoms with Gasteiger partial charge in [-0.05, 0) is 48.1 Å². The Morgan fingerprint density at radius 1 is 1.18 bits per heavy atom. The number of hydrogen-bond donors (Lipinski definition) is 2. The van der Waals surface area contributed by atoms with Crippen molar-refractivity contribution in [1.82, 2.24) is 5.32 Å². The zero-order chi connectivity index (χ0) is 24.3. The van der Waals surface area contributed by atoms with E-state index in [4.69, 9.17) is 4.74 Å². The summed E-state index contributed by atoms with van der Waals surface area (Å²) in [4.78, 5) is 28.5. The fourth-order valence-electron chi connectivity index (χ4n) is 4.87. The zero-order valence-corrected chi connectivity index (χ0v) is 20.0. The molecule has 2 aliphatic rings. The SMILES string of the molecule is COCCCNC(=O)CN1c2ccccc2NC2=C(C(=O)CC(C)(C)C2)[C@@H]1c1ccc(F)cc1. The number of fused-ring (bicyclic) bond motifs is 1. The van der Waals surface area contributed by atoms with Crippen molar-refractivity contribution in [1.29, 1.82) is 0 Å². The predicted octanol–water partition coefficient (Wildman–Crippen LogP) is 4.59. The number of nitrogens with one attached hydrogen (secondary N) is 2. The van der Waals surface area contributed by atoms with Crippen LogP contribution in [0.2, 0.25) is 0 Å². The van der Waals surface area contributed by atoms with Crippen LogP contribution < -0.4 is 15.5 Å². The number of methoxy groups -OCH3 is 1. The van der Waals surface area contributed by atoms with E-state index in [0.29, 0.717) is 38.0 Å². The van der Waals surface area contributed by atoms with Gasteiger partial charge in [0.2, 0.25) is 5.91 Å². The molecule has 0 saturated carbocycles. The summed E-state index contributed by atoms with van der Waals surface area (Å²) in [5, 5.41) is 6.47. The van der Waals surface area contributed by atoms with Crippen LogP contribution in [0.3, 0.4) is 0 Å². The second kappa shape index (κ2) is 9.97. The average molecular weight is 466 g/mol. The van der Waals surface area contributed by atoms with Crippen molar-refractivity contribution >= 4 is 23.1 Å². The lowest BCUT2D eigenvalue weighted by atomic mass is 9.73. The molecule has 2 aromatic rings. The van der Waals surface area contributed by atoms with Gasteiger partial charge in [0.05, 0.1) is 24.0 Å². The van der Waals surface area contributed by atoms with Crippen LogP contribution in [0.4, 0.5) is 15.8 Å². The Kier molecular flexibility index (Phi) is 7.03. The van der Waals surface area contributed by atoms with Crippen LogP contribution in [0.25, 0.3) is 0 Å². The molecule has 0 aromatic heterocycles. The number of nitrogens with zero attached hydrogens (tertiary/aromatic N) is 1. The number of Topliss-reactive ketones (excluding diaryl/α,β-unsaturated/α-hetero) is 1. The van der Waals surface area contributed by atoms with Crippen molar-refractivity contribution < 1.29 is 18.7 Å². The first-order chi connectivity index (χ1) is 16.3.